The van der Waals surface area contributed by atoms with E-state index in [4.69, 9.17) is 0 Å². The summed E-state index contributed by atoms with van der Waals surface area (Å²) in [6, 6.07) is 0. The molecule has 86 valence electrons. The summed E-state index contributed by atoms with van der Waals surface area (Å²) in [5.74, 6) is 0.889. The van der Waals surface area contributed by atoms with Gasteiger partial charge in [-0.25, -0.2) is 0 Å². The van der Waals surface area contributed by atoms with Gasteiger partial charge in [-0.3, -0.25) is 4.99 Å². The molecule has 0 amide bonds. The highest BCUT2D eigenvalue weighted by atomic mass is 15.2. The second-order valence-corrected chi connectivity index (χ2v) is 5.30. The van der Waals surface area contributed by atoms with Crippen LogP contribution in [0.1, 0.15) is 40.0 Å². The molecule has 0 atom stereocenters. The van der Waals surface area contributed by atoms with Crippen LogP contribution in [0.4, 0.5) is 0 Å². The maximum atomic E-state index is 4.35. The number of rotatable bonds is 3. The maximum Gasteiger partial charge on any atom is 0.195 e. The molecular weight excluding hydrogens is 186 g/mol. The first kappa shape index (κ1) is 12.1. The van der Waals surface area contributed by atoms with Gasteiger partial charge < -0.3 is 10.6 Å². The molecule has 0 fully saturated rings. The molecule has 0 aliphatic carbocycles. The molecule has 0 aromatic carbocycles. The summed E-state index contributed by atoms with van der Waals surface area (Å²) in [6.45, 7) is 12.7. The summed E-state index contributed by atoms with van der Waals surface area (Å²) < 4.78 is 0. The van der Waals surface area contributed by atoms with Gasteiger partial charge in [-0.15, -0.1) is 0 Å². The van der Waals surface area contributed by atoms with Crippen molar-refractivity contribution in [2.24, 2.45) is 10.4 Å². The van der Waals surface area contributed by atoms with Gasteiger partial charge in [0.05, 0.1) is 0 Å². The molecule has 0 bridgehead atoms. The summed E-state index contributed by atoms with van der Waals surface area (Å²) >= 11 is 0. The monoisotopic (exact) mass is 209 g/mol. The Morgan fingerprint density at radius 2 is 2.27 bits per heavy atom. The molecule has 3 heteroatoms. The zero-order valence-electron chi connectivity index (χ0n) is 10.2. The fourth-order valence-electron chi connectivity index (χ4n) is 1.37. The molecule has 1 rings (SSSR count). The van der Waals surface area contributed by atoms with Crippen LogP contribution in [0.5, 0.6) is 0 Å². The van der Waals surface area contributed by atoms with E-state index in [-0.39, 0.29) is 0 Å². The number of guanidine groups is 1. The predicted molar refractivity (Wildman–Crippen MR) is 65.9 cm³/mol. The highest BCUT2D eigenvalue weighted by Crippen LogP contribution is 2.21. The molecular formula is C12H23N3. The number of allylic oxidation sites excluding steroid dienone is 1. The maximum absolute atomic E-state index is 4.35. The van der Waals surface area contributed by atoms with Crippen LogP contribution in [-0.4, -0.2) is 19.0 Å². The molecule has 0 radical (unpaired) electrons. The van der Waals surface area contributed by atoms with Gasteiger partial charge in [0.25, 0.3) is 0 Å². The molecule has 0 saturated heterocycles. The summed E-state index contributed by atoms with van der Waals surface area (Å²) in [4.78, 5) is 4.35. The Bertz CT molecular complexity index is 248. The summed E-state index contributed by atoms with van der Waals surface area (Å²) in [5.41, 5.74) is 1.42. The standard InChI is InChI=1S/C12H23N3/c1-10(6-7-12(2,3)4)15-11-13-8-5-9-14-11/h1,5-9H2,2-4H3,(H2,13,14,15). The van der Waals surface area contributed by atoms with Crippen molar-refractivity contribution < 1.29 is 0 Å². The van der Waals surface area contributed by atoms with Crippen molar-refractivity contribution in [2.45, 2.75) is 40.0 Å². The third-order valence-corrected chi connectivity index (χ3v) is 2.37. The van der Waals surface area contributed by atoms with Gasteiger partial charge in [-0.1, -0.05) is 27.4 Å². The fourth-order valence-corrected chi connectivity index (χ4v) is 1.37. The summed E-state index contributed by atoms with van der Waals surface area (Å²) in [7, 11) is 0. The smallest absolute Gasteiger partial charge is 0.195 e. The third kappa shape index (κ3) is 5.45. The quantitative estimate of drug-likeness (QED) is 0.748. The van der Waals surface area contributed by atoms with Crippen molar-refractivity contribution in [1.82, 2.24) is 10.6 Å². The number of nitrogens with one attached hydrogen (secondary N) is 2. The Morgan fingerprint density at radius 1 is 1.53 bits per heavy atom. The first-order chi connectivity index (χ1) is 6.97. The number of aliphatic imine (C=N–C) groups is 1. The van der Waals surface area contributed by atoms with Gasteiger partial charge in [-0.05, 0) is 24.7 Å². The molecule has 0 unspecified atom stereocenters. The highest BCUT2D eigenvalue weighted by molar-refractivity contribution is 5.81. The van der Waals surface area contributed by atoms with Crippen LogP contribution in [0.3, 0.4) is 0 Å². The summed E-state index contributed by atoms with van der Waals surface area (Å²) in [5, 5.41) is 6.46. The minimum atomic E-state index is 0.367. The third-order valence-electron chi connectivity index (χ3n) is 2.37. The molecule has 0 spiro atoms. The molecule has 1 aliphatic rings. The van der Waals surface area contributed by atoms with Crippen LogP contribution in [-0.2, 0) is 0 Å². The number of hydrogen-bond acceptors (Lipinski definition) is 3. The highest BCUT2D eigenvalue weighted by Gasteiger charge is 2.11. The van der Waals surface area contributed by atoms with E-state index in [2.05, 4.69) is 43.0 Å². The molecule has 0 aromatic rings. The van der Waals surface area contributed by atoms with E-state index in [0.29, 0.717) is 5.41 Å². The minimum Gasteiger partial charge on any atom is -0.356 e. The van der Waals surface area contributed by atoms with Crippen molar-refractivity contribution in [3.63, 3.8) is 0 Å². The van der Waals surface area contributed by atoms with Gasteiger partial charge in [0.1, 0.15) is 0 Å². The van der Waals surface area contributed by atoms with Crippen molar-refractivity contribution >= 4 is 5.96 Å². The average Bonchev–Trinajstić information content (AvgIpc) is 2.15. The van der Waals surface area contributed by atoms with Crippen molar-refractivity contribution in [1.29, 1.82) is 0 Å². The Balaban J connectivity index is 2.26. The molecule has 15 heavy (non-hydrogen) atoms. The average molecular weight is 209 g/mol. The van der Waals surface area contributed by atoms with E-state index in [1.807, 2.05) is 0 Å². The Labute approximate surface area is 93.1 Å². The number of hydrogen-bond donors (Lipinski definition) is 2. The lowest BCUT2D eigenvalue weighted by Gasteiger charge is -2.21. The van der Waals surface area contributed by atoms with E-state index in [9.17, 15) is 0 Å². The van der Waals surface area contributed by atoms with E-state index in [1.165, 1.54) is 0 Å². The van der Waals surface area contributed by atoms with Crippen molar-refractivity contribution in [2.75, 3.05) is 13.1 Å². The van der Waals surface area contributed by atoms with Crippen LogP contribution in [0.15, 0.2) is 17.3 Å². The van der Waals surface area contributed by atoms with Gasteiger partial charge in [0, 0.05) is 18.8 Å². The minimum absolute atomic E-state index is 0.367. The molecule has 3 nitrogen and oxygen atoms in total. The molecule has 0 aromatic heterocycles. The van der Waals surface area contributed by atoms with E-state index >= 15 is 0 Å². The van der Waals surface area contributed by atoms with Crippen LogP contribution >= 0.6 is 0 Å². The second kappa shape index (κ2) is 5.19. The number of nitrogens with zero attached hydrogens (tertiary/aromatic N) is 1. The van der Waals surface area contributed by atoms with Crippen LogP contribution < -0.4 is 10.6 Å². The van der Waals surface area contributed by atoms with E-state index in [0.717, 1.165) is 44.0 Å². The SMILES string of the molecule is C=C(CCC(C)(C)C)NC1=NCCCN1. The van der Waals surface area contributed by atoms with Crippen LogP contribution in [0.2, 0.25) is 0 Å². The van der Waals surface area contributed by atoms with E-state index < -0.39 is 0 Å². The Kier molecular flexibility index (Phi) is 4.18. The van der Waals surface area contributed by atoms with Gasteiger partial charge in [0.2, 0.25) is 0 Å². The van der Waals surface area contributed by atoms with E-state index in [1.54, 1.807) is 0 Å². The second-order valence-electron chi connectivity index (χ2n) is 5.30. The zero-order valence-corrected chi connectivity index (χ0v) is 10.2. The molecule has 2 N–H and O–H groups in total. The van der Waals surface area contributed by atoms with Crippen molar-refractivity contribution in [3.05, 3.63) is 12.3 Å². The lowest BCUT2D eigenvalue weighted by Crippen LogP contribution is -2.40. The topological polar surface area (TPSA) is 36.4 Å². The molecule has 1 heterocycles. The first-order valence-electron chi connectivity index (χ1n) is 5.70. The molecule has 1 aliphatic heterocycles. The normalized spacial score (nSPS) is 16.6. The summed E-state index contributed by atoms with van der Waals surface area (Å²) in [6.07, 6.45) is 3.27. The van der Waals surface area contributed by atoms with Crippen LogP contribution in [0.25, 0.3) is 0 Å². The lowest BCUT2D eigenvalue weighted by molar-refractivity contribution is 0.376. The zero-order chi connectivity index (χ0) is 11.3. The molecule has 0 saturated carbocycles. The Hall–Kier alpha value is -0.990. The predicted octanol–water partition coefficient (Wildman–Crippen LogP) is 2.27. The first-order valence-corrected chi connectivity index (χ1v) is 5.70. The Morgan fingerprint density at radius 3 is 2.80 bits per heavy atom. The van der Waals surface area contributed by atoms with Gasteiger partial charge in [0.15, 0.2) is 5.96 Å². The van der Waals surface area contributed by atoms with Gasteiger partial charge in [-0.2, -0.15) is 0 Å². The van der Waals surface area contributed by atoms with Crippen molar-refractivity contribution in [3.8, 4) is 0 Å². The largest absolute Gasteiger partial charge is 0.356 e. The fraction of sp³-hybridized carbons (Fsp3) is 0.750. The van der Waals surface area contributed by atoms with Gasteiger partial charge >= 0.3 is 0 Å². The lowest BCUT2D eigenvalue weighted by atomic mass is 9.90. The van der Waals surface area contributed by atoms with Crippen LogP contribution in [0, 0.1) is 5.41 Å².